The van der Waals surface area contributed by atoms with Crippen molar-refractivity contribution >= 4 is 58.2 Å². The Morgan fingerprint density at radius 2 is 1.74 bits per heavy atom. The van der Waals surface area contributed by atoms with Crippen LogP contribution in [0, 0.1) is 0 Å². The van der Waals surface area contributed by atoms with E-state index >= 15 is 0 Å². The minimum absolute atomic E-state index is 0.349. The highest BCUT2D eigenvalue weighted by Gasteiger charge is 2.18. The van der Waals surface area contributed by atoms with Crippen molar-refractivity contribution in [3.05, 3.63) is 67.9 Å². The van der Waals surface area contributed by atoms with Crippen molar-refractivity contribution in [3.8, 4) is 5.75 Å². The van der Waals surface area contributed by atoms with Gasteiger partial charge in [-0.3, -0.25) is 0 Å². The van der Waals surface area contributed by atoms with Gasteiger partial charge in [0.05, 0.1) is 15.1 Å². The summed E-state index contributed by atoms with van der Waals surface area (Å²) in [5.41, 5.74) is 1.05. The molecule has 0 aliphatic heterocycles. The number of hydrogen-bond acceptors (Lipinski definition) is 4. The van der Waals surface area contributed by atoms with Crippen LogP contribution >= 0.6 is 58.2 Å². The van der Waals surface area contributed by atoms with E-state index in [1.54, 1.807) is 36.0 Å². The standard InChI is InChI=1S/C18H15Cl4N3OS/c1-10(26-16-8-12(19)4-6-14(16)21)17-23-24-18(25(17)2)27-9-11-3-5-13(20)15(22)7-11/h3-8,10H,9H2,1-2H3. The van der Waals surface area contributed by atoms with E-state index in [0.29, 0.717) is 37.4 Å². The maximum absolute atomic E-state index is 6.16. The van der Waals surface area contributed by atoms with E-state index < -0.39 is 0 Å². The molecule has 3 rings (SSSR count). The highest BCUT2D eigenvalue weighted by atomic mass is 35.5. The first-order valence-corrected chi connectivity index (χ1v) is 10.4. The van der Waals surface area contributed by atoms with E-state index in [1.807, 2.05) is 30.7 Å². The molecule has 0 fully saturated rings. The van der Waals surface area contributed by atoms with Crippen molar-refractivity contribution in [1.82, 2.24) is 14.8 Å². The molecule has 0 amide bonds. The number of hydrogen-bond donors (Lipinski definition) is 0. The number of halogens is 4. The zero-order valence-electron chi connectivity index (χ0n) is 14.4. The van der Waals surface area contributed by atoms with Crippen LogP contribution in [0.5, 0.6) is 5.75 Å². The average molecular weight is 463 g/mol. The smallest absolute Gasteiger partial charge is 0.191 e. The molecule has 4 nitrogen and oxygen atoms in total. The van der Waals surface area contributed by atoms with E-state index in [4.69, 9.17) is 51.1 Å². The zero-order chi connectivity index (χ0) is 19.6. The summed E-state index contributed by atoms with van der Waals surface area (Å²) in [4.78, 5) is 0. The molecule has 1 heterocycles. The molecule has 0 radical (unpaired) electrons. The van der Waals surface area contributed by atoms with Gasteiger partial charge in [0.15, 0.2) is 17.1 Å². The SMILES string of the molecule is CC(Oc1cc(Cl)ccc1Cl)c1nnc(SCc2ccc(Cl)c(Cl)c2)n1C. The first-order valence-electron chi connectivity index (χ1n) is 7.93. The van der Waals surface area contributed by atoms with Gasteiger partial charge in [0.2, 0.25) is 0 Å². The second kappa shape index (κ2) is 8.93. The lowest BCUT2D eigenvalue weighted by Gasteiger charge is -2.15. The highest BCUT2D eigenvalue weighted by molar-refractivity contribution is 7.98. The summed E-state index contributed by atoms with van der Waals surface area (Å²) in [5, 5.41) is 11.4. The normalized spacial score (nSPS) is 12.2. The lowest BCUT2D eigenvalue weighted by molar-refractivity contribution is 0.211. The van der Waals surface area contributed by atoms with E-state index in [-0.39, 0.29) is 6.10 Å². The maximum Gasteiger partial charge on any atom is 0.191 e. The third-order valence-electron chi connectivity index (χ3n) is 3.78. The molecule has 3 aromatic rings. The topological polar surface area (TPSA) is 39.9 Å². The van der Waals surface area contributed by atoms with Crippen molar-refractivity contribution in [2.45, 2.75) is 23.9 Å². The molecule has 9 heteroatoms. The Hall–Kier alpha value is -1.11. The lowest BCUT2D eigenvalue weighted by atomic mass is 10.2. The highest BCUT2D eigenvalue weighted by Crippen LogP contribution is 2.32. The Balaban J connectivity index is 1.70. The summed E-state index contributed by atoms with van der Waals surface area (Å²) < 4.78 is 7.81. The molecule has 0 bridgehead atoms. The Kier molecular flexibility index (Phi) is 6.82. The van der Waals surface area contributed by atoms with Crippen molar-refractivity contribution in [1.29, 1.82) is 0 Å². The summed E-state index contributed by atoms with van der Waals surface area (Å²) in [7, 11) is 1.89. The van der Waals surface area contributed by atoms with Crippen LogP contribution in [0.3, 0.4) is 0 Å². The largest absolute Gasteiger partial charge is 0.481 e. The summed E-state index contributed by atoms with van der Waals surface area (Å²) in [5.74, 6) is 1.88. The lowest BCUT2D eigenvalue weighted by Crippen LogP contribution is -2.10. The third kappa shape index (κ3) is 5.04. The Bertz CT molecular complexity index is 964. The summed E-state index contributed by atoms with van der Waals surface area (Å²) in [6.07, 6.45) is -0.349. The molecule has 1 aromatic heterocycles. The van der Waals surface area contributed by atoms with Crippen molar-refractivity contribution in [3.63, 3.8) is 0 Å². The number of nitrogens with zero attached hydrogens (tertiary/aromatic N) is 3. The quantitative estimate of drug-likeness (QED) is 0.375. The van der Waals surface area contributed by atoms with Crippen molar-refractivity contribution in [2.75, 3.05) is 0 Å². The monoisotopic (exact) mass is 461 g/mol. The number of rotatable bonds is 6. The van der Waals surface area contributed by atoms with Gasteiger partial charge in [0, 0.05) is 23.9 Å². The molecule has 0 spiro atoms. The van der Waals surface area contributed by atoms with Gasteiger partial charge in [-0.05, 0) is 36.8 Å². The molecule has 0 saturated heterocycles. The van der Waals surface area contributed by atoms with Crippen molar-refractivity contribution in [2.24, 2.45) is 7.05 Å². The fourth-order valence-electron chi connectivity index (χ4n) is 2.39. The van der Waals surface area contributed by atoms with Gasteiger partial charge in [0.1, 0.15) is 5.75 Å². The second-order valence-corrected chi connectivity index (χ2v) is 8.37. The molecule has 0 aliphatic carbocycles. The van der Waals surface area contributed by atoms with E-state index in [0.717, 1.165) is 10.7 Å². The number of ether oxygens (including phenoxy) is 1. The summed E-state index contributed by atoms with van der Waals surface area (Å²) >= 11 is 25.7. The van der Waals surface area contributed by atoms with Crippen LogP contribution in [0.25, 0.3) is 0 Å². The van der Waals surface area contributed by atoms with Gasteiger partial charge in [-0.15, -0.1) is 10.2 Å². The van der Waals surface area contributed by atoms with Gasteiger partial charge in [0.25, 0.3) is 0 Å². The van der Waals surface area contributed by atoms with E-state index in [9.17, 15) is 0 Å². The predicted molar refractivity (Wildman–Crippen MR) is 113 cm³/mol. The fraction of sp³-hybridized carbons (Fsp3) is 0.222. The minimum atomic E-state index is -0.349. The molecular formula is C18H15Cl4N3OS. The number of thioether (sulfide) groups is 1. The molecule has 1 atom stereocenters. The molecule has 1 unspecified atom stereocenters. The van der Waals surface area contributed by atoms with Crippen LogP contribution < -0.4 is 4.74 Å². The molecule has 27 heavy (non-hydrogen) atoms. The van der Waals surface area contributed by atoms with Gasteiger partial charge >= 0.3 is 0 Å². The molecule has 0 aliphatic rings. The predicted octanol–water partition coefficient (Wildman–Crippen LogP) is 6.86. The Morgan fingerprint density at radius 3 is 2.48 bits per heavy atom. The molecular weight excluding hydrogens is 448 g/mol. The van der Waals surface area contributed by atoms with E-state index in [2.05, 4.69) is 10.2 Å². The van der Waals surface area contributed by atoms with Crippen LogP contribution in [0.1, 0.15) is 24.4 Å². The third-order valence-corrected chi connectivity index (χ3v) is 6.16. The Morgan fingerprint density at radius 1 is 1.00 bits per heavy atom. The van der Waals surface area contributed by atoms with Gasteiger partial charge in [-0.2, -0.15) is 0 Å². The van der Waals surface area contributed by atoms with Crippen LogP contribution in [-0.4, -0.2) is 14.8 Å². The summed E-state index contributed by atoms with van der Waals surface area (Å²) in [6.45, 7) is 1.88. The zero-order valence-corrected chi connectivity index (χ0v) is 18.3. The molecule has 2 aromatic carbocycles. The maximum atomic E-state index is 6.16. The van der Waals surface area contributed by atoms with Crippen LogP contribution in [-0.2, 0) is 12.8 Å². The fourth-order valence-corrected chi connectivity index (χ4v) is 3.90. The first-order chi connectivity index (χ1) is 12.8. The van der Waals surface area contributed by atoms with Crippen molar-refractivity contribution < 1.29 is 4.74 Å². The minimum Gasteiger partial charge on any atom is -0.481 e. The van der Waals surface area contributed by atoms with Gasteiger partial charge in [-0.1, -0.05) is 64.2 Å². The molecule has 0 N–H and O–H groups in total. The van der Waals surface area contributed by atoms with Crippen LogP contribution in [0.4, 0.5) is 0 Å². The second-order valence-electron chi connectivity index (χ2n) is 5.77. The van der Waals surface area contributed by atoms with Gasteiger partial charge < -0.3 is 9.30 Å². The van der Waals surface area contributed by atoms with Gasteiger partial charge in [-0.25, -0.2) is 0 Å². The van der Waals surface area contributed by atoms with E-state index in [1.165, 1.54) is 0 Å². The summed E-state index contributed by atoms with van der Waals surface area (Å²) in [6, 6.07) is 10.7. The van der Waals surface area contributed by atoms with Crippen LogP contribution in [0.15, 0.2) is 41.6 Å². The Labute approximate surface area is 181 Å². The number of benzene rings is 2. The average Bonchev–Trinajstić information content (AvgIpc) is 3.00. The molecule has 142 valence electrons. The molecule has 0 saturated carbocycles. The first kappa shape index (κ1) is 20.6. The number of aromatic nitrogens is 3. The van der Waals surface area contributed by atoms with Crippen LogP contribution in [0.2, 0.25) is 20.1 Å².